The van der Waals surface area contributed by atoms with E-state index in [9.17, 15) is 13.2 Å². The summed E-state index contributed by atoms with van der Waals surface area (Å²) >= 11 is 5.50. The molecular weight excluding hydrogens is 250 g/mol. The molecule has 16 heavy (non-hydrogen) atoms. The summed E-state index contributed by atoms with van der Waals surface area (Å²) < 4.78 is 23.3. The highest BCUT2D eigenvalue weighted by molar-refractivity contribution is 7.92. The number of hydrogen-bond acceptors (Lipinski definition) is 3. The molecule has 0 spiro atoms. The Balaban J connectivity index is 2.40. The minimum absolute atomic E-state index is 0.146. The van der Waals surface area contributed by atoms with Crippen LogP contribution in [0, 0.1) is 0 Å². The van der Waals surface area contributed by atoms with Crippen LogP contribution in [-0.2, 0) is 14.6 Å². The number of amides is 1. The summed E-state index contributed by atoms with van der Waals surface area (Å²) in [5.74, 6) is 0.374. The SMILES string of the molecule is O=C(NCCCCCl)C1CCCCS1(=O)=O. The molecule has 0 aromatic carbocycles. The Morgan fingerprint density at radius 1 is 1.31 bits per heavy atom. The summed E-state index contributed by atoms with van der Waals surface area (Å²) in [6, 6.07) is 0. The van der Waals surface area contributed by atoms with Crippen LogP contribution in [0.2, 0.25) is 0 Å². The number of alkyl halides is 1. The largest absolute Gasteiger partial charge is 0.355 e. The number of rotatable bonds is 5. The third-order valence-corrected chi connectivity index (χ3v) is 5.17. The van der Waals surface area contributed by atoms with Crippen LogP contribution >= 0.6 is 11.6 Å². The van der Waals surface area contributed by atoms with E-state index in [4.69, 9.17) is 11.6 Å². The Bertz CT molecular complexity index is 329. The summed E-state index contributed by atoms with van der Waals surface area (Å²) in [6.45, 7) is 0.511. The topological polar surface area (TPSA) is 63.2 Å². The molecule has 1 fully saturated rings. The molecule has 1 N–H and O–H groups in total. The molecule has 1 aliphatic rings. The maximum atomic E-state index is 11.7. The number of carbonyl (C=O) groups is 1. The smallest absolute Gasteiger partial charge is 0.238 e. The van der Waals surface area contributed by atoms with Crippen LogP contribution < -0.4 is 5.32 Å². The molecule has 0 radical (unpaired) electrons. The molecule has 1 aliphatic heterocycles. The van der Waals surface area contributed by atoms with Gasteiger partial charge < -0.3 is 5.32 Å². The van der Waals surface area contributed by atoms with Gasteiger partial charge in [-0.1, -0.05) is 6.42 Å². The quantitative estimate of drug-likeness (QED) is 0.599. The van der Waals surface area contributed by atoms with Crippen molar-refractivity contribution in [3.8, 4) is 0 Å². The molecule has 0 saturated carbocycles. The Hall–Kier alpha value is -0.290. The Morgan fingerprint density at radius 2 is 2.06 bits per heavy atom. The lowest BCUT2D eigenvalue weighted by Gasteiger charge is -2.21. The van der Waals surface area contributed by atoms with E-state index < -0.39 is 15.1 Å². The van der Waals surface area contributed by atoms with Gasteiger partial charge in [0.2, 0.25) is 5.91 Å². The first kappa shape index (κ1) is 13.8. The minimum Gasteiger partial charge on any atom is -0.355 e. The van der Waals surface area contributed by atoms with Crippen molar-refractivity contribution in [2.45, 2.75) is 37.4 Å². The van der Waals surface area contributed by atoms with Crippen LogP contribution in [0.5, 0.6) is 0 Å². The molecule has 6 heteroatoms. The summed E-state index contributed by atoms with van der Waals surface area (Å²) in [7, 11) is -3.20. The molecule has 4 nitrogen and oxygen atoms in total. The molecule has 1 heterocycles. The molecule has 0 aromatic heterocycles. The highest BCUT2D eigenvalue weighted by Crippen LogP contribution is 2.19. The Labute approximate surface area is 102 Å². The summed E-state index contributed by atoms with van der Waals surface area (Å²) in [4.78, 5) is 11.7. The number of carbonyl (C=O) groups excluding carboxylic acids is 1. The van der Waals surface area contributed by atoms with Gasteiger partial charge in [0.25, 0.3) is 0 Å². The van der Waals surface area contributed by atoms with Gasteiger partial charge in [-0.05, 0) is 25.7 Å². The van der Waals surface area contributed by atoms with Gasteiger partial charge in [0, 0.05) is 12.4 Å². The molecule has 94 valence electrons. The lowest BCUT2D eigenvalue weighted by atomic mass is 10.2. The lowest BCUT2D eigenvalue weighted by molar-refractivity contribution is -0.120. The van der Waals surface area contributed by atoms with Crippen molar-refractivity contribution in [2.24, 2.45) is 0 Å². The number of halogens is 1. The van der Waals surface area contributed by atoms with Crippen LogP contribution in [0.25, 0.3) is 0 Å². The fourth-order valence-corrected chi connectivity index (χ4v) is 3.81. The predicted octanol–water partition coefficient (Wildman–Crippen LogP) is 1.09. The molecule has 1 rings (SSSR count). The normalized spacial score (nSPS) is 23.9. The van der Waals surface area contributed by atoms with E-state index in [0.29, 0.717) is 25.3 Å². The van der Waals surface area contributed by atoms with Gasteiger partial charge in [0.1, 0.15) is 5.25 Å². The van der Waals surface area contributed by atoms with E-state index in [1.165, 1.54) is 0 Å². The van der Waals surface area contributed by atoms with Crippen molar-refractivity contribution >= 4 is 27.3 Å². The Morgan fingerprint density at radius 3 is 2.69 bits per heavy atom. The molecule has 1 atom stereocenters. The highest BCUT2D eigenvalue weighted by atomic mass is 35.5. The van der Waals surface area contributed by atoms with Gasteiger partial charge in [-0.15, -0.1) is 11.6 Å². The lowest BCUT2D eigenvalue weighted by Crippen LogP contribution is -2.43. The van der Waals surface area contributed by atoms with Crippen molar-refractivity contribution in [1.82, 2.24) is 5.32 Å². The van der Waals surface area contributed by atoms with E-state index in [0.717, 1.165) is 19.3 Å². The zero-order valence-electron chi connectivity index (χ0n) is 9.25. The summed E-state index contributed by atoms with van der Waals surface area (Å²) in [5, 5.41) is 1.84. The van der Waals surface area contributed by atoms with Gasteiger partial charge in [-0.3, -0.25) is 4.79 Å². The number of unbranched alkanes of at least 4 members (excludes halogenated alkanes) is 1. The van der Waals surface area contributed by atoms with E-state index >= 15 is 0 Å². The van der Waals surface area contributed by atoms with Crippen LogP contribution in [0.15, 0.2) is 0 Å². The zero-order chi connectivity index (χ0) is 12.0. The number of hydrogen-bond donors (Lipinski definition) is 1. The van der Waals surface area contributed by atoms with Gasteiger partial charge in [0.15, 0.2) is 9.84 Å². The number of sulfone groups is 1. The second-order valence-corrected chi connectivity index (χ2v) is 6.72. The fourth-order valence-electron chi connectivity index (χ4n) is 1.79. The standard InChI is InChI=1S/C10H18ClNO3S/c11-6-2-3-7-12-10(13)9-5-1-4-8-16(9,14)15/h9H,1-8H2,(H,12,13). The van der Waals surface area contributed by atoms with Gasteiger partial charge in [-0.25, -0.2) is 8.42 Å². The summed E-state index contributed by atoms with van der Waals surface area (Å²) in [6.07, 6.45) is 3.59. The van der Waals surface area contributed by atoms with Crippen molar-refractivity contribution in [3.05, 3.63) is 0 Å². The first-order chi connectivity index (χ1) is 7.58. The van der Waals surface area contributed by atoms with E-state index in [-0.39, 0.29) is 11.7 Å². The average Bonchev–Trinajstić information content (AvgIpc) is 2.23. The van der Waals surface area contributed by atoms with Crippen molar-refractivity contribution in [2.75, 3.05) is 18.2 Å². The molecule has 1 saturated heterocycles. The van der Waals surface area contributed by atoms with Crippen molar-refractivity contribution in [3.63, 3.8) is 0 Å². The molecule has 0 aliphatic carbocycles. The van der Waals surface area contributed by atoms with E-state index in [1.807, 2.05) is 0 Å². The third kappa shape index (κ3) is 3.94. The van der Waals surface area contributed by atoms with Crippen LogP contribution in [0.3, 0.4) is 0 Å². The van der Waals surface area contributed by atoms with Gasteiger partial charge in [0.05, 0.1) is 5.75 Å². The predicted molar refractivity (Wildman–Crippen MR) is 64.4 cm³/mol. The molecule has 1 amide bonds. The first-order valence-corrected chi connectivity index (χ1v) is 7.88. The maximum absolute atomic E-state index is 11.7. The Kier molecular flexibility index (Phi) is 5.55. The van der Waals surface area contributed by atoms with Crippen LogP contribution in [0.4, 0.5) is 0 Å². The maximum Gasteiger partial charge on any atom is 0.238 e. The minimum atomic E-state index is -3.20. The molecular formula is C10H18ClNO3S. The van der Waals surface area contributed by atoms with Gasteiger partial charge >= 0.3 is 0 Å². The zero-order valence-corrected chi connectivity index (χ0v) is 10.8. The average molecular weight is 268 g/mol. The van der Waals surface area contributed by atoms with Crippen molar-refractivity contribution < 1.29 is 13.2 Å². The molecule has 1 unspecified atom stereocenters. The number of nitrogens with one attached hydrogen (secondary N) is 1. The highest BCUT2D eigenvalue weighted by Gasteiger charge is 2.34. The monoisotopic (exact) mass is 267 g/mol. The van der Waals surface area contributed by atoms with Crippen LogP contribution in [-0.4, -0.2) is 37.8 Å². The van der Waals surface area contributed by atoms with E-state index in [1.54, 1.807) is 0 Å². The second-order valence-electron chi connectivity index (χ2n) is 4.04. The van der Waals surface area contributed by atoms with Gasteiger partial charge in [-0.2, -0.15) is 0 Å². The summed E-state index contributed by atoms with van der Waals surface area (Å²) in [5.41, 5.74) is 0. The third-order valence-electron chi connectivity index (χ3n) is 2.73. The first-order valence-electron chi connectivity index (χ1n) is 5.63. The molecule has 0 bridgehead atoms. The molecule has 0 aromatic rings. The fraction of sp³-hybridized carbons (Fsp3) is 0.900. The second kappa shape index (κ2) is 6.45. The van der Waals surface area contributed by atoms with Crippen molar-refractivity contribution in [1.29, 1.82) is 0 Å². The van der Waals surface area contributed by atoms with Crippen LogP contribution in [0.1, 0.15) is 32.1 Å². The van der Waals surface area contributed by atoms with E-state index in [2.05, 4.69) is 5.32 Å².